The Kier molecular flexibility index (Phi) is 6.25. The third-order valence-electron chi connectivity index (χ3n) is 3.01. The molecule has 0 atom stereocenters. The van der Waals surface area contributed by atoms with Gasteiger partial charge in [0.25, 0.3) is 6.43 Å². The second kappa shape index (κ2) is 7.98. The van der Waals surface area contributed by atoms with Crippen molar-refractivity contribution >= 4 is 33.2 Å². The van der Waals surface area contributed by atoms with Crippen LogP contribution in [0.2, 0.25) is 0 Å². The quantitative estimate of drug-likeness (QED) is 0.652. The lowest BCUT2D eigenvalue weighted by atomic mass is 10.2. The summed E-state index contributed by atoms with van der Waals surface area (Å²) in [5.74, 6) is -0.779. The minimum absolute atomic E-state index is 0.125. The molecule has 2 aromatic rings. The Morgan fingerprint density at radius 3 is 2.83 bits per heavy atom. The number of carbonyl (C=O) groups is 1. The van der Waals surface area contributed by atoms with Gasteiger partial charge in [-0.3, -0.25) is 4.90 Å². The molecule has 0 bridgehead atoms. The van der Waals surface area contributed by atoms with Gasteiger partial charge in [0, 0.05) is 11.4 Å². The highest BCUT2D eigenvalue weighted by molar-refractivity contribution is 9.11. The van der Waals surface area contributed by atoms with Gasteiger partial charge in [0.15, 0.2) is 0 Å². The number of carbonyl (C=O) groups excluding carboxylic acids is 1. The van der Waals surface area contributed by atoms with Gasteiger partial charge in [-0.1, -0.05) is 0 Å². The van der Waals surface area contributed by atoms with Crippen molar-refractivity contribution in [3.63, 3.8) is 0 Å². The fourth-order valence-corrected chi connectivity index (χ4v) is 3.65. The molecule has 0 amide bonds. The number of aromatic nitrogens is 2. The van der Waals surface area contributed by atoms with Crippen LogP contribution < -0.4 is 0 Å². The molecule has 2 rings (SSSR count). The van der Waals surface area contributed by atoms with Crippen molar-refractivity contribution in [2.24, 2.45) is 0 Å². The first-order chi connectivity index (χ1) is 10.9. The van der Waals surface area contributed by atoms with Crippen LogP contribution in [0.4, 0.5) is 8.78 Å². The zero-order valence-corrected chi connectivity index (χ0v) is 15.0. The molecule has 23 heavy (non-hydrogen) atoms. The SMILES string of the molecule is CCOC(=O)c1cnn(CN(C)Cc2ccc(Br)s2)c1C(F)F. The fourth-order valence-electron chi connectivity index (χ4n) is 2.09. The Morgan fingerprint density at radius 1 is 1.52 bits per heavy atom. The Labute approximate surface area is 145 Å². The van der Waals surface area contributed by atoms with E-state index in [0.717, 1.165) is 19.5 Å². The predicted octanol–water partition coefficient (Wildman–Crippen LogP) is 3.91. The minimum atomic E-state index is -2.80. The van der Waals surface area contributed by atoms with Gasteiger partial charge < -0.3 is 4.74 Å². The number of esters is 1. The van der Waals surface area contributed by atoms with Gasteiger partial charge in [-0.2, -0.15) is 5.10 Å². The van der Waals surface area contributed by atoms with Crippen LogP contribution in [0.1, 0.15) is 34.3 Å². The number of hydrogen-bond acceptors (Lipinski definition) is 5. The van der Waals surface area contributed by atoms with Gasteiger partial charge in [-0.05, 0) is 42.0 Å². The highest BCUT2D eigenvalue weighted by Crippen LogP contribution is 2.25. The lowest BCUT2D eigenvalue weighted by Crippen LogP contribution is -2.24. The zero-order chi connectivity index (χ0) is 17.0. The molecule has 9 heteroatoms. The van der Waals surface area contributed by atoms with E-state index in [-0.39, 0.29) is 18.8 Å². The molecule has 0 fully saturated rings. The zero-order valence-electron chi connectivity index (χ0n) is 12.6. The van der Waals surface area contributed by atoms with Crippen molar-refractivity contribution in [1.29, 1.82) is 0 Å². The molecule has 0 unspecified atom stereocenters. The maximum atomic E-state index is 13.3. The maximum Gasteiger partial charge on any atom is 0.341 e. The molecule has 0 aromatic carbocycles. The topological polar surface area (TPSA) is 47.4 Å². The van der Waals surface area contributed by atoms with Crippen molar-refractivity contribution in [2.45, 2.75) is 26.6 Å². The summed E-state index contributed by atoms with van der Waals surface area (Å²) in [5.41, 5.74) is -0.600. The minimum Gasteiger partial charge on any atom is -0.462 e. The average Bonchev–Trinajstić information content (AvgIpc) is 3.05. The smallest absolute Gasteiger partial charge is 0.341 e. The molecule has 0 aliphatic rings. The molecule has 5 nitrogen and oxygen atoms in total. The highest BCUT2D eigenvalue weighted by atomic mass is 79.9. The van der Waals surface area contributed by atoms with Gasteiger partial charge in [-0.15, -0.1) is 11.3 Å². The Hall–Kier alpha value is -1.32. The summed E-state index contributed by atoms with van der Waals surface area (Å²) in [6.45, 7) is 2.49. The molecule has 0 saturated heterocycles. The standard InChI is InChI=1S/C14H16BrF2N3O2S/c1-3-22-14(21)10-6-18-20(12(10)13(16)17)8-19(2)7-9-4-5-11(15)23-9/h4-6,13H,3,7-8H2,1-2H3. The van der Waals surface area contributed by atoms with E-state index in [1.165, 1.54) is 0 Å². The number of nitrogens with zero attached hydrogens (tertiary/aromatic N) is 3. The first kappa shape index (κ1) is 18.0. The summed E-state index contributed by atoms with van der Waals surface area (Å²) < 4.78 is 33.6. The van der Waals surface area contributed by atoms with E-state index < -0.39 is 18.1 Å². The molecule has 2 aromatic heterocycles. The first-order valence-corrected chi connectivity index (χ1v) is 8.47. The van der Waals surface area contributed by atoms with Gasteiger partial charge in [0.1, 0.15) is 11.3 Å². The average molecular weight is 408 g/mol. The summed E-state index contributed by atoms with van der Waals surface area (Å²) in [7, 11) is 1.80. The van der Waals surface area contributed by atoms with E-state index in [9.17, 15) is 13.6 Å². The molecule has 0 N–H and O–H groups in total. The van der Waals surface area contributed by atoms with E-state index in [2.05, 4.69) is 21.0 Å². The second-order valence-corrected chi connectivity index (χ2v) is 7.37. The van der Waals surface area contributed by atoms with E-state index in [1.807, 2.05) is 17.0 Å². The van der Waals surface area contributed by atoms with Crippen LogP contribution in [0.3, 0.4) is 0 Å². The lowest BCUT2D eigenvalue weighted by molar-refractivity contribution is 0.0512. The second-order valence-electron chi connectivity index (χ2n) is 4.83. The van der Waals surface area contributed by atoms with Crippen LogP contribution in [0.15, 0.2) is 22.1 Å². The first-order valence-electron chi connectivity index (χ1n) is 6.86. The molecule has 0 radical (unpaired) electrons. The molecular weight excluding hydrogens is 392 g/mol. The molecule has 0 aliphatic heterocycles. The highest BCUT2D eigenvalue weighted by Gasteiger charge is 2.25. The number of hydrogen-bond donors (Lipinski definition) is 0. The largest absolute Gasteiger partial charge is 0.462 e. The number of alkyl halides is 2. The molecule has 0 saturated carbocycles. The molecule has 0 spiro atoms. The van der Waals surface area contributed by atoms with E-state index in [1.54, 1.807) is 25.3 Å². The summed E-state index contributed by atoms with van der Waals surface area (Å²) in [6.07, 6.45) is -1.67. The van der Waals surface area contributed by atoms with Gasteiger partial charge in [0.2, 0.25) is 0 Å². The van der Waals surface area contributed by atoms with Crippen LogP contribution in [-0.2, 0) is 18.0 Å². The number of rotatable bonds is 7. The Balaban J connectivity index is 2.14. The molecular formula is C14H16BrF2N3O2S. The lowest BCUT2D eigenvalue weighted by Gasteiger charge is -2.17. The summed E-state index contributed by atoms with van der Waals surface area (Å²) in [5, 5.41) is 3.92. The predicted molar refractivity (Wildman–Crippen MR) is 86.6 cm³/mol. The van der Waals surface area contributed by atoms with Gasteiger partial charge in [0.05, 0.1) is 23.3 Å². The van der Waals surface area contributed by atoms with Crippen LogP contribution in [-0.4, -0.2) is 34.3 Å². The fraction of sp³-hybridized carbons (Fsp3) is 0.429. The monoisotopic (exact) mass is 407 g/mol. The van der Waals surface area contributed by atoms with E-state index in [4.69, 9.17) is 4.74 Å². The van der Waals surface area contributed by atoms with Crippen molar-refractivity contribution in [3.8, 4) is 0 Å². The van der Waals surface area contributed by atoms with Gasteiger partial charge >= 0.3 is 5.97 Å². The number of ether oxygens (including phenoxy) is 1. The number of thiophene rings is 1. The van der Waals surface area contributed by atoms with E-state index in [0.29, 0.717) is 6.54 Å². The van der Waals surface area contributed by atoms with Crippen molar-refractivity contribution in [2.75, 3.05) is 13.7 Å². The van der Waals surface area contributed by atoms with Gasteiger partial charge in [-0.25, -0.2) is 18.3 Å². The van der Waals surface area contributed by atoms with Crippen LogP contribution in [0, 0.1) is 0 Å². The summed E-state index contributed by atoms with van der Waals surface area (Å²) in [4.78, 5) is 14.7. The van der Waals surface area contributed by atoms with Crippen LogP contribution >= 0.6 is 27.3 Å². The summed E-state index contributed by atoms with van der Waals surface area (Å²) >= 11 is 4.96. The van der Waals surface area contributed by atoms with Crippen LogP contribution in [0.5, 0.6) is 0 Å². The van der Waals surface area contributed by atoms with Crippen LogP contribution in [0.25, 0.3) is 0 Å². The van der Waals surface area contributed by atoms with Crippen molar-refractivity contribution < 1.29 is 18.3 Å². The Bertz CT molecular complexity index is 675. The van der Waals surface area contributed by atoms with Crippen molar-refractivity contribution in [1.82, 2.24) is 14.7 Å². The number of halogens is 3. The third-order valence-corrected chi connectivity index (χ3v) is 4.62. The third kappa shape index (κ3) is 4.58. The molecule has 2 heterocycles. The van der Waals surface area contributed by atoms with Crippen molar-refractivity contribution in [3.05, 3.63) is 38.3 Å². The summed E-state index contributed by atoms with van der Waals surface area (Å²) in [6, 6.07) is 3.90. The Morgan fingerprint density at radius 2 is 2.26 bits per heavy atom. The molecule has 0 aliphatic carbocycles. The maximum absolute atomic E-state index is 13.3. The van der Waals surface area contributed by atoms with E-state index >= 15 is 0 Å². The molecule has 126 valence electrons. The normalized spacial score (nSPS) is 11.4.